The predicted molar refractivity (Wildman–Crippen MR) is 86.8 cm³/mol. The van der Waals surface area contributed by atoms with Crippen molar-refractivity contribution in [3.05, 3.63) is 65.7 Å². The molecule has 0 fully saturated rings. The van der Waals surface area contributed by atoms with Crippen molar-refractivity contribution in [1.29, 1.82) is 0 Å². The summed E-state index contributed by atoms with van der Waals surface area (Å²) in [5, 5.41) is 3.14. The Morgan fingerprint density at radius 3 is 2.60 bits per heavy atom. The first-order chi connectivity index (χ1) is 10.1. The molecule has 0 amide bonds. The van der Waals surface area contributed by atoms with Gasteiger partial charge in [-0.1, -0.05) is 48.5 Å². The van der Waals surface area contributed by atoms with E-state index in [4.69, 9.17) is 7.48 Å². The second-order valence-corrected chi connectivity index (χ2v) is 4.52. The van der Waals surface area contributed by atoms with Crippen molar-refractivity contribution in [1.82, 2.24) is 5.32 Å². The maximum atomic E-state index is 8.02. The van der Waals surface area contributed by atoms with Crippen LogP contribution in [0.1, 0.15) is 26.4 Å². The molecule has 0 saturated heterocycles. The lowest BCUT2D eigenvalue weighted by atomic mass is 10.1. The van der Waals surface area contributed by atoms with Crippen LogP contribution in [0.25, 0.3) is 0 Å². The van der Waals surface area contributed by atoms with E-state index in [9.17, 15) is 0 Å². The van der Waals surface area contributed by atoms with Crippen LogP contribution in [0.5, 0.6) is 5.75 Å². The summed E-state index contributed by atoms with van der Waals surface area (Å²) in [5.74, 6) is 0.566. The summed E-state index contributed by atoms with van der Waals surface area (Å²) >= 11 is 0. The van der Waals surface area contributed by atoms with E-state index in [0.29, 0.717) is 11.8 Å². The number of benzene rings is 2. The minimum Gasteiger partial charge on any atom is -0.485 e. The average molecular weight is 294 g/mol. The second-order valence-electron chi connectivity index (χ2n) is 4.52. The van der Waals surface area contributed by atoms with E-state index < -0.39 is 0 Å². The highest BCUT2D eigenvalue weighted by Crippen LogP contribution is 2.26. The molecule has 0 aliphatic rings. The third-order valence-corrected chi connectivity index (χ3v) is 3.03. The molecule has 2 rings (SSSR count). The van der Waals surface area contributed by atoms with Crippen LogP contribution in [-0.2, 0) is 0 Å². The molecule has 0 radical (unpaired) electrons. The lowest BCUT2D eigenvalue weighted by Gasteiger charge is -2.20. The first kappa shape index (κ1) is 13.5. The van der Waals surface area contributed by atoms with Crippen molar-refractivity contribution < 1.29 is 7.48 Å². The van der Waals surface area contributed by atoms with Gasteiger partial charge in [0.05, 0.1) is 2.74 Å². The normalized spacial score (nSPS) is 12.9. The highest BCUT2D eigenvalue weighted by atomic mass is 35.5. The Bertz CT molecular complexity index is 569. The zero-order valence-electron chi connectivity index (χ0n) is 13.8. The molecule has 0 aliphatic heterocycles. The quantitative estimate of drug-likeness (QED) is 0.864. The standard InChI is InChI=1S/C17H21NO.ClH/c1-14-8-6-7-11-16(14)19-17(12-13-18-2)15-9-4-3-5-10-15;/h3-11,17-18H,12-13H2,1-2H3;1H/t17-;/m1./s1/i6D,11D;. The first-order valence-electron chi connectivity index (χ1n) is 7.56. The van der Waals surface area contributed by atoms with Gasteiger partial charge in [0.25, 0.3) is 0 Å². The average Bonchev–Trinajstić information content (AvgIpc) is 2.46. The van der Waals surface area contributed by atoms with Crippen LogP contribution in [0.2, 0.25) is 0 Å². The summed E-state index contributed by atoms with van der Waals surface area (Å²) in [6.07, 6.45) is 0.722. The number of rotatable bonds is 6. The van der Waals surface area contributed by atoms with Gasteiger partial charge in [0.1, 0.15) is 11.9 Å². The Kier molecular flexibility index (Phi) is 5.81. The lowest BCUT2D eigenvalue weighted by molar-refractivity contribution is 0.193. The van der Waals surface area contributed by atoms with E-state index in [1.165, 1.54) is 6.07 Å². The molecular formula is C17H22ClNO. The number of para-hydroxylation sites is 1. The van der Waals surface area contributed by atoms with E-state index in [-0.39, 0.29) is 24.6 Å². The van der Waals surface area contributed by atoms with Crippen molar-refractivity contribution in [3.63, 3.8) is 0 Å². The monoisotopic (exact) mass is 293 g/mol. The van der Waals surface area contributed by atoms with Gasteiger partial charge in [-0.15, -0.1) is 12.4 Å². The summed E-state index contributed by atoms with van der Waals surface area (Å²) < 4.78 is 21.8. The molecule has 3 heteroatoms. The minimum absolute atomic E-state index is 0. The first-order valence-corrected chi connectivity index (χ1v) is 6.56. The molecule has 0 saturated carbocycles. The number of hydrogen-bond acceptors (Lipinski definition) is 2. The molecule has 1 atom stereocenters. The fraction of sp³-hybridized carbons (Fsp3) is 0.294. The molecule has 2 nitrogen and oxygen atoms in total. The molecule has 0 heterocycles. The van der Waals surface area contributed by atoms with Crippen LogP contribution >= 0.6 is 12.4 Å². The SMILES string of the molecule is Cl.[2H]c1cc([2H])c(O[C@H](CCNC)c2ccccc2)c(C)c1. The van der Waals surface area contributed by atoms with Crippen molar-refractivity contribution >= 4 is 12.4 Å². The van der Waals surface area contributed by atoms with E-state index in [2.05, 4.69) is 5.32 Å². The zero-order valence-corrected chi connectivity index (χ0v) is 12.7. The topological polar surface area (TPSA) is 21.3 Å². The fourth-order valence-electron chi connectivity index (χ4n) is 1.96. The van der Waals surface area contributed by atoms with Crippen LogP contribution in [0.15, 0.2) is 54.5 Å². The predicted octanol–water partition coefficient (Wildman–Crippen LogP) is 4.15. The maximum Gasteiger partial charge on any atom is 0.125 e. The number of hydrogen-bond donors (Lipinski definition) is 1. The minimum atomic E-state index is -0.0990. The van der Waals surface area contributed by atoms with Gasteiger partial charge in [0.2, 0.25) is 0 Å². The summed E-state index contributed by atoms with van der Waals surface area (Å²) in [6, 6.07) is 13.9. The van der Waals surface area contributed by atoms with Gasteiger partial charge in [-0.3, -0.25) is 0 Å². The van der Waals surface area contributed by atoms with Gasteiger partial charge in [-0.2, -0.15) is 0 Å². The van der Waals surface area contributed by atoms with Crippen molar-refractivity contribution in [3.8, 4) is 5.75 Å². The Labute approximate surface area is 130 Å². The smallest absolute Gasteiger partial charge is 0.125 e. The molecule has 2 aromatic carbocycles. The Hall–Kier alpha value is -1.51. The highest BCUT2D eigenvalue weighted by molar-refractivity contribution is 5.85. The highest BCUT2D eigenvalue weighted by Gasteiger charge is 2.13. The zero-order chi connectivity index (χ0) is 15.2. The molecule has 2 aromatic rings. The Morgan fingerprint density at radius 1 is 1.20 bits per heavy atom. The molecular weight excluding hydrogens is 270 g/mol. The summed E-state index contributed by atoms with van der Waals surface area (Å²) in [5.41, 5.74) is 1.93. The van der Waals surface area contributed by atoms with E-state index >= 15 is 0 Å². The molecule has 0 aliphatic carbocycles. The van der Waals surface area contributed by atoms with Crippen molar-refractivity contribution in [2.75, 3.05) is 13.6 Å². The van der Waals surface area contributed by atoms with Gasteiger partial charge in [-0.05, 0) is 37.7 Å². The van der Waals surface area contributed by atoms with Crippen molar-refractivity contribution in [2.24, 2.45) is 0 Å². The third kappa shape index (κ3) is 4.55. The fourth-order valence-corrected chi connectivity index (χ4v) is 1.96. The summed E-state index contributed by atoms with van der Waals surface area (Å²) in [4.78, 5) is 0. The summed E-state index contributed by atoms with van der Waals surface area (Å²) in [6.45, 7) is 2.72. The maximum absolute atomic E-state index is 8.02. The molecule has 0 spiro atoms. The second kappa shape index (κ2) is 8.62. The van der Waals surface area contributed by atoms with Crippen LogP contribution in [0.4, 0.5) is 0 Å². The van der Waals surface area contributed by atoms with Crippen LogP contribution in [-0.4, -0.2) is 13.6 Å². The van der Waals surface area contributed by atoms with Gasteiger partial charge >= 0.3 is 0 Å². The number of nitrogens with one attached hydrogen (secondary N) is 1. The van der Waals surface area contributed by atoms with Gasteiger partial charge < -0.3 is 10.1 Å². The summed E-state index contributed by atoms with van der Waals surface area (Å²) in [7, 11) is 1.91. The third-order valence-electron chi connectivity index (χ3n) is 3.03. The Balaban J connectivity index is 0.00000242. The molecule has 20 heavy (non-hydrogen) atoms. The molecule has 0 bridgehead atoms. The largest absolute Gasteiger partial charge is 0.485 e. The van der Waals surface area contributed by atoms with Gasteiger partial charge in [0, 0.05) is 6.42 Å². The van der Waals surface area contributed by atoms with E-state index in [0.717, 1.165) is 24.1 Å². The van der Waals surface area contributed by atoms with Gasteiger partial charge in [0.15, 0.2) is 0 Å². The Morgan fingerprint density at radius 2 is 1.95 bits per heavy atom. The number of aryl methyl sites for hydroxylation is 1. The molecule has 1 N–H and O–H groups in total. The number of ether oxygens (including phenoxy) is 1. The van der Waals surface area contributed by atoms with Crippen LogP contribution in [0.3, 0.4) is 0 Å². The van der Waals surface area contributed by atoms with Crippen LogP contribution in [0, 0.1) is 6.92 Å². The lowest BCUT2D eigenvalue weighted by Crippen LogP contribution is -2.16. The molecule has 0 aromatic heterocycles. The van der Waals surface area contributed by atoms with Crippen LogP contribution < -0.4 is 10.1 Å². The molecule has 108 valence electrons. The van der Waals surface area contributed by atoms with E-state index in [1.54, 1.807) is 6.07 Å². The number of halogens is 1. The molecule has 0 unspecified atom stereocenters. The van der Waals surface area contributed by atoms with E-state index in [1.807, 2.05) is 44.3 Å². The van der Waals surface area contributed by atoms with Crippen molar-refractivity contribution in [2.45, 2.75) is 19.4 Å². The van der Waals surface area contributed by atoms with Gasteiger partial charge in [-0.25, -0.2) is 0 Å².